The molecule has 78 valence electrons. The SMILES string of the molecule is C=C(C)CC(=C)c1ccc(C(=C)C)nc1. The lowest BCUT2D eigenvalue weighted by Crippen LogP contribution is -1.89. The average Bonchev–Trinajstić information content (AvgIpc) is 2.17. The first kappa shape index (κ1) is 11.4. The van der Waals surface area contributed by atoms with Crippen LogP contribution in [0.4, 0.5) is 0 Å². The van der Waals surface area contributed by atoms with Crippen LogP contribution in [0.15, 0.2) is 43.6 Å². The molecule has 0 N–H and O–H groups in total. The molecule has 0 atom stereocenters. The molecule has 0 aliphatic rings. The summed E-state index contributed by atoms with van der Waals surface area (Å²) in [5, 5.41) is 0. The molecule has 0 aliphatic heterocycles. The minimum Gasteiger partial charge on any atom is -0.256 e. The van der Waals surface area contributed by atoms with Gasteiger partial charge in [-0.25, -0.2) is 0 Å². The summed E-state index contributed by atoms with van der Waals surface area (Å²) in [6.07, 6.45) is 2.67. The highest BCUT2D eigenvalue weighted by atomic mass is 14.7. The maximum Gasteiger partial charge on any atom is 0.0653 e. The van der Waals surface area contributed by atoms with E-state index in [0.717, 1.165) is 34.4 Å². The van der Waals surface area contributed by atoms with Crippen molar-refractivity contribution >= 4 is 11.1 Å². The molecule has 1 rings (SSSR count). The molecular formula is C14H17N. The quantitative estimate of drug-likeness (QED) is 0.665. The van der Waals surface area contributed by atoms with E-state index >= 15 is 0 Å². The van der Waals surface area contributed by atoms with Crippen LogP contribution in [0.2, 0.25) is 0 Å². The van der Waals surface area contributed by atoms with Crippen molar-refractivity contribution in [2.45, 2.75) is 20.3 Å². The molecule has 1 nitrogen and oxygen atoms in total. The summed E-state index contributed by atoms with van der Waals surface area (Å²) in [5.74, 6) is 0. The molecule has 0 fully saturated rings. The van der Waals surface area contributed by atoms with Gasteiger partial charge in [-0.1, -0.05) is 31.4 Å². The second-order valence-corrected chi connectivity index (χ2v) is 3.95. The van der Waals surface area contributed by atoms with Gasteiger partial charge in [0.2, 0.25) is 0 Å². The van der Waals surface area contributed by atoms with Crippen molar-refractivity contribution in [2.75, 3.05) is 0 Å². The van der Waals surface area contributed by atoms with E-state index in [1.165, 1.54) is 0 Å². The van der Waals surface area contributed by atoms with Crippen LogP contribution in [0, 0.1) is 0 Å². The number of hydrogen-bond donors (Lipinski definition) is 0. The molecule has 1 heterocycles. The summed E-state index contributed by atoms with van der Waals surface area (Å²) in [6.45, 7) is 15.7. The van der Waals surface area contributed by atoms with Crippen LogP contribution >= 0.6 is 0 Å². The molecular weight excluding hydrogens is 182 g/mol. The lowest BCUT2D eigenvalue weighted by molar-refractivity contribution is 1.21. The van der Waals surface area contributed by atoms with Gasteiger partial charge in [0.25, 0.3) is 0 Å². The van der Waals surface area contributed by atoms with Gasteiger partial charge in [0.15, 0.2) is 0 Å². The Balaban J connectivity index is 2.84. The normalized spacial score (nSPS) is 9.73. The summed E-state index contributed by atoms with van der Waals surface area (Å²) >= 11 is 0. The summed E-state index contributed by atoms with van der Waals surface area (Å²) in [5.41, 5.74) is 5.16. The van der Waals surface area contributed by atoms with Gasteiger partial charge in [-0.15, -0.1) is 0 Å². The zero-order valence-corrected chi connectivity index (χ0v) is 9.51. The van der Waals surface area contributed by atoms with E-state index in [0.29, 0.717) is 0 Å². The molecule has 0 spiro atoms. The number of aromatic nitrogens is 1. The van der Waals surface area contributed by atoms with Crippen molar-refractivity contribution in [3.8, 4) is 0 Å². The van der Waals surface area contributed by atoms with Gasteiger partial charge in [-0.3, -0.25) is 4.98 Å². The van der Waals surface area contributed by atoms with Crippen LogP contribution in [0.3, 0.4) is 0 Å². The molecule has 0 radical (unpaired) electrons. The fraction of sp³-hybridized carbons (Fsp3) is 0.214. The monoisotopic (exact) mass is 199 g/mol. The van der Waals surface area contributed by atoms with Gasteiger partial charge in [-0.2, -0.15) is 0 Å². The first-order chi connectivity index (χ1) is 7.00. The number of rotatable bonds is 4. The molecule has 0 bridgehead atoms. The van der Waals surface area contributed by atoms with Gasteiger partial charge in [0, 0.05) is 6.20 Å². The zero-order valence-electron chi connectivity index (χ0n) is 9.51. The Kier molecular flexibility index (Phi) is 3.62. The van der Waals surface area contributed by atoms with Gasteiger partial charge >= 0.3 is 0 Å². The van der Waals surface area contributed by atoms with E-state index < -0.39 is 0 Å². The Morgan fingerprint density at radius 3 is 2.27 bits per heavy atom. The minimum atomic E-state index is 0.827. The maximum absolute atomic E-state index is 4.32. The summed E-state index contributed by atoms with van der Waals surface area (Å²) < 4.78 is 0. The van der Waals surface area contributed by atoms with Gasteiger partial charge < -0.3 is 0 Å². The molecule has 15 heavy (non-hydrogen) atoms. The molecule has 0 saturated heterocycles. The first-order valence-electron chi connectivity index (χ1n) is 4.95. The molecule has 0 aromatic carbocycles. The minimum absolute atomic E-state index is 0.827. The highest BCUT2D eigenvalue weighted by Gasteiger charge is 2.00. The van der Waals surface area contributed by atoms with Crippen LogP contribution in [0.1, 0.15) is 31.5 Å². The van der Waals surface area contributed by atoms with Gasteiger partial charge in [0.1, 0.15) is 0 Å². The standard InChI is InChI=1S/C14H17N/c1-10(2)8-12(5)13-6-7-14(11(3)4)15-9-13/h6-7,9H,1,3,5,8H2,2,4H3. The fourth-order valence-corrected chi connectivity index (χ4v) is 1.32. The van der Waals surface area contributed by atoms with Crippen molar-refractivity contribution in [2.24, 2.45) is 0 Å². The van der Waals surface area contributed by atoms with Crippen molar-refractivity contribution in [1.82, 2.24) is 4.98 Å². The van der Waals surface area contributed by atoms with Crippen molar-refractivity contribution < 1.29 is 0 Å². The number of pyridine rings is 1. The van der Waals surface area contributed by atoms with Crippen molar-refractivity contribution in [3.05, 3.63) is 54.9 Å². The zero-order chi connectivity index (χ0) is 11.4. The van der Waals surface area contributed by atoms with Crippen LogP contribution in [-0.4, -0.2) is 4.98 Å². The Labute approximate surface area is 91.9 Å². The topological polar surface area (TPSA) is 12.9 Å². The van der Waals surface area contributed by atoms with E-state index in [-0.39, 0.29) is 0 Å². The predicted octanol–water partition coefficient (Wildman–Crippen LogP) is 4.09. The van der Waals surface area contributed by atoms with Gasteiger partial charge in [0.05, 0.1) is 5.69 Å². The molecule has 0 saturated carbocycles. The molecule has 0 amide bonds. The smallest absolute Gasteiger partial charge is 0.0653 e. The second-order valence-electron chi connectivity index (χ2n) is 3.95. The average molecular weight is 199 g/mol. The van der Waals surface area contributed by atoms with E-state index in [4.69, 9.17) is 0 Å². The van der Waals surface area contributed by atoms with Gasteiger partial charge in [-0.05, 0) is 43.0 Å². The molecule has 0 aliphatic carbocycles. The molecule has 0 unspecified atom stereocenters. The molecule has 1 heteroatoms. The van der Waals surface area contributed by atoms with E-state index in [1.54, 1.807) is 0 Å². The second kappa shape index (κ2) is 4.74. The van der Waals surface area contributed by atoms with E-state index in [1.807, 2.05) is 32.2 Å². The Morgan fingerprint density at radius 1 is 1.20 bits per heavy atom. The maximum atomic E-state index is 4.32. The number of hydrogen-bond acceptors (Lipinski definition) is 1. The van der Waals surface area contributed by atoms with Crippen LogP contribution in [0.5, 0.6) is 0 Å². The Bertz CT molecular complexity index is 396. The van der Waals surface area contributed by atoms with E-state index in [9.17, 15) is 0 Å². The summed E-state index contributed by atoms with van der Waals surface area (Å²) in [6, 6.07) is 4.00. The largest absolute Gasteiger partial charge is 0.256 e. The molecule has 1 aromatic heterocycles. The third-order valence-corrected chi connectivity index (χ3v) is 2.12. The lowest BCUT2D eigenvalue weighted by atomic mass is 10.0. The predicted molar refractivity (Wildman–Crippen MR) is 67.4 cm³/mol. The van der Waals surface area contributed by atoms with Crippen LogP contribution < -0.4 is 0 Å². The first-order valence-corrected chi connectivity index (χ1v) is 4.95. The number of nitrogens with zero attached hydrogens (tertiary/aromatic N) is 1. The van der Waals surface area contributed by atoms with E-state index in [2.05, 4.69) is 24.7 Å². The fourth-order valence-electron chi connectivity index (χ4n) is 1.32. The third kappa shape index (κ3) is 3.21. The highest BCUT2D eigenvalue weighted by molar-refractivity contribution is 5.66. The van der Waals surface area contributed by atoms with Crippen molar-refractivity contribution in [1.29, 1.82) is 0 Å². The third-order valence-electron chi connectivity index (χ3n) is 2.12. The summed E-state index contributed by atoms with van der Waals surface area (Å²) in [4.78, 5) is 4.32. The lowest BCUT2D eigenvalue weighted by Gasteiger charge is -2.06. The Morgan fingerprint density at radius 2 is 1.87 bits per heavy atom. The summed E-state index contributed by atoms with van der Waals surface area (Å²) in [7, 11) is 0. The van der Waals surface area contributed by atoms with Crippen molar-refractivity contribution in [3.63, 3.8) is 0 Å². The Hall–Kier alpha value is -1.63. The highest BCUT2D eigenvalue weighted by Crippen LogP contribution is 2.20. The van der Waals surface area contributed by atoms with Crippen LogP contribution in [0.25, 0.3) is 11.1 Å². The molecule has 1 aromatic rings. The van der Waals surface area contributed by atoms with Crippen LogP contribution in [-0.2, 0) is 0 Å². The number of allylic oxidation sites excluding steroid dienone is 3.